The fourth-order valence-electron chi connectivity index (χ4n) is 15.7. The predicted molar refractivity (Wildman–Crippen MR) is 375 cm³/mol. The summed E-state index contributed by atoms with van der Waals surface area (Å²) in [5, 5.41) is 2.61. The fraction of sp³-hybridized carbons (Fsp3) is 0.333. The van der Waals surface area contributed by atoms with Crippen molar-refractivity contribution >= 4 is 100 Å². The summed E-state index contributed by atoms with van der Waals surface area (Å²) < 4.78 is 2.61. The van der Waals surface area contributed by atoms with Crippen LogP contribution in [-0.2, 0) is 32.5 Å². The van der Waals surface area contributed by atoms with Crippen LogP contribution in [0.3, 0.4) is 0 Å². The molecule has 0 N–H and O–H groups in total. The van der Waals surface area contributed by atoms with Gasteiger partial charge in [-0.25, -0.2) is 0 Å². The minimum Gasteiger partial charge on any atom is -0.334 e. The molecule has 1 saturated carbocycles. The van der Waals surface area contributed by atoms with E-state index in [0.29, 0.717) is 0 Å². The quantitative estimate of drug-likeness (QED) is 0.159. The van der Waals surface area contributed by atoms with Gasteiger partial charge in [-0.3, -0.25) is 0 Å². The maximum atomic E-state index is 2.88. The molecule has 14 rings (SSSR count). The van der Waals surface area contributed by atoms with Gasteiger partial charge in [0, 0.05) is 65.3 Å². The number of thiophene rings is 1. The topological polar surface area (TPSA) is 9.72 Å². The number of nitrogens with zero attached hydrogens (tertiary/aromatic N) is 3. The largest absolute Gasteiger partial charge is 0.334 e. The van der Waals surface area contributed by atoms with Crippen LogP contribution in [0.1, 0.15) is 175 Å². The van der Waals surface area contributed by atoms with Gasteiger partial charge in [-0.2, -0.15) is 0 Å². The van der Waals surface area contributed by atoms with E-state index in [1.54, 1.807) is 0 Å². The smallest absolute Gasteiger partial charge is 0.252 e. The molecule has 0 amide bonds. The summed E-state index contributed by atoms with van der Waals surface area (Å²) in [6, 6.07) is 72.7. The van der Waals surface area contributed by atoms with Gasteiger partial charge in [0.15, 0.2) is 0 Å². The van der Waals surface area contributed by atoms with Crippen molar-refractivity contribution in [2.75, 3.05) is 14.7 Å². The fourth-order valence-corrected chi connectivity index (χ4v) is 16.9. The normalized spacial score (nSPS) is 18.5. The SMILES string of the molecule is CC(C)(C)c1ccc(C23CCCCC2(C)N(c2cc4c5c(c2)N(c2cccc6sc7ccccc7c26)c2ccc(C(C)(C)C)cc2B5c2cc(C(C)(C)C)ccc2N4c2ccc(C(C)(C)C)cc2-c2ccccc2)c2ccc(C(C)(C)C)cc23)cc1. The Labute approximate surface area is 518 Å². The lowest BCUT2D eigenvalue weighted by atomic mass is 9.33. The molecule has 1 aliphatic carbocycles. The predicted octanol–water partition coefficient (Wildman–Crippen LogP) is 21.1. The maximum Gasteiger partial charge on any atom is 0.252 e. The highest BCUT2D eigenvalue weighted by atomic mass is 32.1. The van der Waals surface area contributed by atoms with E-state index in [9.17, 15) is 0 Å². The zero-order valence-corrected chi connectivity index (χ0v) is 54.8. The third kappa shape index (κ3) is 8.62. The monoisotopic (exact) mass is 1140 g/mol. The standard InChI is InChI=1S/C81H86BN3S/c1-75(2,3)52-31-33-53(34-32-52)81-44-23-22-43-80(81,16)85(65-40-36-55(46-61(65)81)77(7,8)9)58-49-69-74-70(50-58)84(68-28-24-30-72-73(68)59-27-20-21-29-71(59)86-72)67-42-38-57(79(13,14)15)48-63(67)82(74)62-47-56(78(10,11)12)37-41-66(62)83(69)64-39-35-54(76(4,5)6)45-60(64)51-25-18-17-19-26-51/h17-21,24-42,45-50H,22-23,43-44H2,1-16H3. The molecular formula is C81H86BN3S. The van der Waals surface area contributed by atoms with Gasteiger partial charge in [0.2, 0.25) is 0 Å². The third-order valence-corrected chi connectivity index (χ3v) is 21.7. The number of fused-ring (bicyclic) bond motifs is 10. The molecule has 0 radical (unpaired) electrons. The van der Waals surface area contributed by atoms with Gasteiger partial charge in [0.25, 0.3) is 6.71 Å². The van der Waals surface area contributed by atoms with E-state index in [1.165, 1.54) is 139 Å². The number of hydrogen-bond donors (Lipinski definition) is 0. The van der Waals surface area contributed by atoms with Crippen molar-refractivity contribution in [2.24, 2.45) is 0 Å². The number of anilines is 8. The van der Waals surface area contributed by atoms with Crippen molar-refractivity contribution in [3.05, 3.63) is 221 Å². The highest BCUT2D eigenvalue weighted by molar-refractivity contribution is 7.26. The Morgan fingerprint density at radius 1 is 0.407 bits per heavy atom. The second kappa shape index (κ2) is 19.3. The van der Waals surface area contributed by atoms with Crippen molar-refractivity contribution in [2.45, 2.75) is 174 Å². The van der Waals surface area contributed by atoms with Crippen molar-refractivity contribution in [3.8, 4) is 11.1 Å². The second-order valence-electron chi connectivity index (χ2n) is 31.2. The van der Waals surface area contributed by atoms with Crippen LogP contribution in [0.25, 0.3) is 31.3 Å². The summed E-state index contributed by atoms with van der Waals surface area (Å²) >= 11 is 1.91. The molecule has 1 aromatic heterocycles. The second-order valence-corrected chi connectivity index (χ2v) is 32.3. The molecule has 434 valence electrons. The number of rotatable bonds is 5. The summed E-state index contributed by atoms with van der Waals surface area (Å²) in [5.74, 6) is 0. The molecule has 2 unspecified atom stereocenters. The molecule has 3 aliphatic heterocycles. The van der Waals surface area contributed by atoms with Crippen LogP contribution in [-0.4, -0.2) is 12.3 Å². The summed E-state index contributed by atoms with van der Waals surface area (Å²) in [6.07, 6.45) is 4.47. The van der Waals surface area contributed by atoms with E-state index in [0.717, 1.165) is 19.3 Å². The summed E-state index contributed by atoms with van der Waals surface area (Å²) in [7, 11) is 0. The molecule has 0 saturated heterocycles. The Balaban J connectivity index is 1.15. The van der Waals surface area contributed by atoms with Crippen LogP contribution in [0, 0.1) is 0 Å². The van der Waals surface area contributed by atoms with E-state index in [-0.39, 0.29) is 44.7 Å². The molecule has 2 atom stereocenters. The summed E-state index contributed by atoms with van der Waals surface area (Å²) in [5.41, 5.74) is 25.2. The van der Waals surface area contributed by atoms with Gasteiger partial charge >= 0.3 is 0 Å². The maximum absolute atomic E-state index is 2.88. The summed E-state index contributed by atoms with van der Waals surface area (Å²) in [6.45, 7) is 38.1. The number of benzene rings is 9. The Bertz CT molecular complexity index is 4360. The van der Waals surface area contributed by atoms with Crippen LogP contribution < -0.4 is 31.1 Å². The van der Waals surface area contributed by atoms with Crippen molar-refractivity contribution < 1.29 is 0 Å². The molecular weight excluding hydrogens is 1060 g/mol. The minimum absolute atomic E-state index is 0.0385. The number of hydrogen-bond acceptors (Lipinski definition) is 4. The van der Waals surface area contributed by atoms with Crippen LogP contribution >= 0.6 is 11.3 Å². The van der Waals surface area contributed by atoms with E-state index < -0.39 is 0 Å². The van der Waals surface area contributed by atoms with Gasteiger partial charge in [0.1, 0.15) is 0 Å². The molecule has 0 spiro atoms. The minimum atomic E-state index is -0.334. The van der Waals surface area contributed by atoms with E-state index in [4.69, 9.17) is 0 Å². The highest BCUT2D eigenvalue weighted by Gasteiger charge is 2.62. The first kappa shape index (κ1) is 56.5. The van der Waals surface area contributed by atoms with Crippen molar-refractivity contribution in [3.63, 3.8) is 0 Å². The molecule has 9 aromatic carbocycles. The van der Waals surface area contributed by atoms with Crippen LogP contribution in [0.15, 0.2) is 182 Å². The lowest BCUT2D eigenvalue weighted by Gasteiger charge is -2.53. The summed E-state index contributed by atoms with van der Waals surface area (Å²) in [4.78, 5) is 8.32. The zero-order valence-electron chi connectivity index (χ0n) is 54.0. The Morgan fingerprint density at radius 2 is 0.895 bits per heavy atom. The molecule has 5 heteroatoms. The molecule has 10 aromatic rings. The van der Waals surface area contributed by atoms with E-state index in [1.807, 2.05) is 11.3 Å². The molecule has 4 heterocycles. The van der Waals surface area contributed by atoms with Gasteiger partial charge < -0.3 is 14.7 Å². The first-order valence-corrected chi connectivity index (χ1v) is 32.7. The van der Waals surface area contributed by atoms with Gasteiger partial charge in [0.05, 0.1) is 16.9 Å². The average molecular weight is 1140 g/mol. The van der Waals surface area contributed by atoms with Crippen LogP contribution in [0.4, 0.5) is 45.5 Å². The van der Waals surface area contributed by atoms with Crippen molar-refractivity contribution in [1.82, 2.24) is 0 Å². The molecule has 3 nitrogen and oxygen atoms in total. The zero-order chi connectivity index (χ0) is 60.4. The van der Waals surface area contributed by atoms with Crippen molar-refractivity contribution in [1.29, 1.82) is 0 Å². The average Bonchev–Trinajstić information content (AvgIpc) is 1.35. The van der Waals surface area contributed by atoms with E-state index in [2.05, 4.69) is 307 Å². The van der Waals surface area contributed by atoms with Gasteiger partial charge in [-0.1, -0.05) is 238 Å². The Kier molecular flexibility index (Phi) is 12.7. The van der Waals surface area contributed by atoms with Crippen LogP contribution in [0.5, 0.6) is 0 Å². The lowest BCUT2D eigenvalue weighted by molar-refractivity contribution is 0.215. The molecule has 86 heavy (non-hydrogen) atoms. The van der Waals surface area contributed by atoms with Crippen LogP contribution in [0.2, 0.25) is 0 Å². The highest BCUT2D eigenvalue weighted by Crippen LogP contribution is 2.65. The Morgan fingerprint density at radius 3 is 1.49 bits per heavy atom. The molecule has 0 bridgehead atoms. The van der Waals surface area contributed by atoms with Gasteiger partial charge in [-0.05, 0) is 168 Å². The third-order valence-electron chi connectivity index (χ3n) is 20.5. The lowest BCUT2D eigenvalue weighted by Crippen LogP contribution is -2.62. The molecule has 1 fully saturated rings. The van der Waals surface area contributed by atoms with Gasteiger partial charge in [-0.15, -0.1) is 11.3 Å². The molecule has 4 aliphatic rings. The van der Waals surface area contributed by atoms with E-state index >= 15 is 0 Å². The Hall–Kier alpha value is -7.34. The first-order valence-electron chi connectivity index (χ1n) is 31.9. The first-order chi connectivity index (χ1) is 40.7.